The molecule has 0 saturated carbocycles. The van der Waals surface area contributed by atoms with E-state index in [0.29, 0.717) is 42.6 Å². The van der Waals surface area contributed by atoms with E-state index in [2.05, 4.69) is 0 Å². The fourth-order valence-corrected chi connectivity index (χ4v) is 3.27. The maximum absolute atomic E-state index is 12.3. The Morgan fingerprint density at radius 3 is 2.56 bits per heavy atom. The van der Waals surface area contributed by atoms with E-state index in [-0.39, 0.29) is 12.6 Å². The van der Waals surface area contributed by atoms with Gasteiger partial charge < -0.3 is 18.8 Å². The first-order valence-electron chi connectivity index (χ1n) is 8.65. The van der Waals surface area contributed by atoms with Gasteiger partial charge in [0.1, 0.15) is 0 Å². The Balaban J connectivity index is 1.82. The molecule has 1 aromatic carbocycles. The van der Waals surface area contributed by atoms with Gasteiger partial charge in [0, 0.05) is 19.1 Å². The SMILES string of the molecule is CCOC(=O)C(=O)N1CCC(n2c(=O)oc3ccc(C(=O)OC)cc32)CC1. The van der Waals surface area contributed by atoms with Crippen LogP contribution in [0.15, 0.2) is 27.4 Å². The van der Waals surface area contributed by atoms with Crippen LogP contribution in [0.4, 0.5) is 0 Å². The lowest BCUT2D eigenvalue weighted by Crippen LogP contribution is -2.43. The standard InChI is InChI=1S/C18H20N2O7/c1-3-26-17(23)15(21)19-8-6-12(7-9-19)20-13-10-11(16(22)25-2)4-5-14(13)27-18(20)24/h4-5,10,12H,3,6-9H2,1-2H3. The molecule has 144 valence electrons. The highest BCUT2D eigenvalue weighted by atomic mass is 16.5. The zero-order chi connectivity index (χ0) is 19.6. The number of esters is 2. The minimum absolute atomic E-state index is 0.139. The highest BCUT2D eigenvalue weighted by molar-refractivity contribution is 6.32. The largest absolute Gasteiger partial charge is 0.465 e. The molecule has 1 aliphatic rings. The van der Waals surface area contributed by atoms with Crippen molar-refractivity contribution >= 4 is 28.9 Å². The summed E-state index contributed by atoms with van der Waals surface area (Å²) in [4.78, 5) is 49.1. The molecule has 9 heteroatoms. The van der Waals surface area contributed by atoms with Crippen molar-refractivity contribution in [3.8, 4) is 0 Å². The quantitative estimate of drug-likeness (QED) is 0.583. The Morgan fingerprint density at radius 1 is 1.22 bits per heavy atom. The van der Waals surface area contributed by atoms with Gasteiger partial charge in [-0.25, -0.2) is 14.4 Å². The molecule has 1 fully saturated rings. The molecule has 1 amide bonds. The van der Waals surface area contributed by atoms with Gasteiger partial charge in [-0.2, -0.15) is 0 Å². The molecule has 0 unspecified atom stereocenters. The molecule has 0 aliphatic carbocycles. The summed E-state index contributed by atoms with van der Waals surface area (Å²) in [6.07, 6.45) is 0.949. The maximum atomic E-state index is 12.3. The van der Waals surface area contributed by atoms with Crippen LogP contribution < -0.4 is 5.76 Å². The normalized spacial score (nSPS) is 15.0. The summed E-state index contributed by atoms with van der Waals surface area (Å²) in [6, 6.07) is 4.43. The number of oxazole rings is 1. The van der Waals surface area contributed by atoms with Gasteiger partial charge in [-0.1, -0.05) is 0 Å². The van der Waals surface area contributed by atoms with Gasteiger partial charge in [-0.3, -0.25) is 9.36 Å². The number of carbonyl (C=O) groups is 3. The van der Waals surface area contributed by atoms with Crippen LogP contribution >= 0.6 is 0 Å². The van der Waals surface area contributed by atoms with Crippen molar-refractivity contribution in [2.24, 2.45) is 0 Å². The molecule has 2 heterocycles. The van der Waals surface area contributed by atoms with E-state index in [4.69, 9.17) is 13.9 Å². The molecule has 0 bridgehead atoms. The van der Waals surface area contributed by atoms with Gasteiger partial charge in [-0.15, -0.1) is 0 Å². The van der Waals surface area contributed by atoms with Gasteiger partial charge in [0.05, 0.1) is 24.8 Å². The van der Waals surface area contributed by atoms with Crippen molar-refractivity contribution in [1.29, 1.82) is 0 Å². The Hall–Kier alpha value is -3.10. The minimum atomic E-state index is -0.871. The summed E-state index contributed by atoms with van der Waals surface area (Å²) in [5, 5.41) is 0. The summed E-state index contributed by atoms with van der Waals surface area (Å²) < 4.78 is 16.2. The molecular weight excluding hydrogens is 356 g/mol. The van der Waals surface area contributed by atoms with Crippen LogP contribution in [0, 0.1) is 0 Å². The average molecular weight is 376 g/mol. The van der Waals surface area contributed by atoms with Crippen LogP contribution in [0.25, 0.3) is 11.1 Å². The van der Waals surface area contributed by atoms with Crippen LogP contribution in [-0.2, 0) is 19.1 Å². The Bertz CT molecular complexity index is 935. The molecule has 27 heavy (non-hydrogen) atoms. The lowest BCUT2D eigenvalue weighted by Gasteiger charge is -2.31. The highest BCUT2D eigenvalue weighted by Crippen LogP contribution is 2.26. The van der Waals surface area contributed by atoms with Crippen molar-refractivity contribution in [3.05, 3.63) is 34.3 Å². The summed E-state index contributed by atoms with van der Waals surface area (Å²) in [6.45, 7) is 2.41. The highest BCUT2D eigenvalue weighted by Gasteiger charge is 2.30. The van der Waals surface area contributed by atoms with Crippen molar-refractivity contribution in [1.82, 2.24) is 9.47 Å². The predicted molar refractivity (Wildman–Crippen MR) is 93.3 cm³/mol. The fourth-order valence-electron chi connectivity index (χ4n) is 3.27. The van der Waals surface area contributed by atoms with Crippen LogP contribution in [0.1, 0.15) is 36.2 Å². The number of carbonyl (C=O) groups excluding carboxylic acids is 3. The molecule has 2 aromatic rings. The van der Waals surface area contributed by atoms with E-state index in [0.717, 1.165) is 0 Å². The predicted octanol–water partition coefficient (Wildman–Crippen LogP) is 1.11. The number of hydrogen-bond donors (Lipinski definition) is 0. The molecular formula is C18H20N2O7. The Morgan fingerprint density at radius 2 is 1.93 bits per heavy atom. The first-order chi connectivity index (χ1) is 13.0. The summed E-state index contributed by atoms with van der Waals surface area (Å²) in [5.41, 5.74) is 1.19. The number of piperidine rings is 1. The summed E-state index contributed by atoms with van der Waals surface area (Å²) >= 11 is 0. The van der Waals surface area contributed by atoms with E-state index < -0.39 is 23.6 Å². The van der Waals surface area contributed by atoms with Crippen molar-refractivity contribution in [2.45, 2.75) is 25.8 Å². The number of amides is 1. The van der Waals surface area contributed by atoms with Crippen molar-refractivity contribution in [3.63, 3.8) is 0 Å². The van der Waals surface area contributed by atoms with Crippen LogP contribution in [0.2, 0.25) is 0 Å². The third kappa shape index (κ3) is 3.57. The van der Waals surface area contributed by atoms with Gasteiger partial charge >= 0.3 is 23.6 Å². The Kier molecular flexibility index (Phi) is 5.29. The lowest BCUT2D eigenvalue weighted by molar-refractivity contribution is -0.160. The fraction of sp³-hybridized carbons (Fsp3) is 0.444. The summed E-state index contributed by atoms with van der Waals surface area (Å²) in [5.74, 6) is -2.58. The number of methoxy groups -OCH3 is 1. The number of fused-ring (bicyclic) bond motifs is 1. The molecule has 3 rings (SSSR count). The number of hydrogen-bond acceptors (Lipinski definition) is 7. The van der Waals surface area contributed by atoms with Gasteiger partial charge in [0.25, 0.3) is 0 Å². The summed E-state index contributed by atoms with van der Waals surface area (Å²) in [7, 11) is 1.28. The second kappa shape index (κ2) is 7.65. The second-order valence-corrected chi connectivity index (χ2v) is 6.16. The minimum Gasteiger partial charge on any atom is -0.465 e. The van der Waals surface area contributed by atoms with E-state index in [1.807, 2.05) is 0 Å². The zero-order valence-electron chi connectivity index (χ0n) is 15.1. The number of rotatable bonds is 3. The number of nitrogens with zero attached hydrogens (tertiary/aromatic N) is 2. The second-order valence-electron chi connectivity index (χ2n) is 6.16. The first-order valence-corrected chi connectivity index (χ1v) is 8.65. The van der Waals surface area contributed by atoms with Crippen LogP contribution in [0.5, 0.6) is 0 Å². The van der Waals surface area contributed by atoms with Gasteiger partial charge in [0.2, 0.25) is 0 Å². The Labute approximate surface area is 154 Å². The molecule has 1 saturated heterocycles. The van der Waals surface area contributed by atoms with E-state index >= 15 is 0 Å². The molecule has 0 spiro atoms. The van der Waals surface area contributed by atoms with Crippen LogP contribution in [-0.4, -0.2) is 54.1 Å². The van der Waals surface area contributed by atoms with E-state index in [1.54, 1.807) is 19.1 Å². The number of aromatic nitrogens is 1. The topological polar surface area (TPSA) is 108 Å². The molecule has 9 nitrogen and oxygen atoms in total. The molecule has 0 radical (unpaired) electrons. The van der Waals surface area contributed by atoms with Crippen molar-refractivity contribution < 1.29 is 28.3 Å². The third-order valence-electron chi connectivity index (χ3n) is 4.60. The molecule has 1 aliphatic heterocycles. The third-order valence-corrected chi connectivity index (χ3v) is 4.60. The smallest absolute Gasteiger partial charge is 0.420 e. The maximum Gasteiger partial charge on any atom is 0.420 e. The molecule has 0 atom stereocenters. The average Bonchev–Trinajstić information content (AvgIpc) is 3.01. The first kappa shape index (κ1) is 18.7. The van der Waals surface area contributed by atoms with E-state index in [9.17, 15) is 19.2 Å². The molecule has 0 N–H and O–H groups in total. The van der Waals surface area contributed by atoms with Gasteiger partial charge in [0.15, 0.2) is 5.58 Å². The number of benzene rings is 1. The van der Waals surface area contributed by atoms with Crippen molar-refractivity contribution in [2.75, 3.05) is 26.8 Å². The lowest BCUT2D eigenvalue weighted by atomic mass is 10.0. The van der Waals surface area contributed by atoms with Crippen LogP contribution in [0.3, 0.4) is 0 Å². The number of likely N-dealkylation sites (tertiary alicyclic amines) is 1. The van der Waals surface area contributed by atoms with E-state index in [1.165, 1.54) is 22.6 Å². The number of ether oxygens (including phenoxy) is 2. The monoisotopic (exact) mass is 376 g/mol. The molecule has 1 aromatic heterocycles. The zero-order valence-corrected chi connectivity index (χ0v) is 15.1. The van der Waals surface area contributed by atoms with Gasteiger partial charge in [-0.05, 0) is 38.0 Å².